The van der Waals surface area contributed by atoms with Crippen LogP contribution in [0.4, 0.5) is 0 Å². The normalized spacial score (nSPS) is 12.6. The minimum absolute atomic E-state index is 0.0670. The molecule has 0 spiro atoms. The number of aliphatic hydroxyl groups excluding tert-OH is 1. The van der Waals surface area contributed by atoms with Crippen LogP contribution in [-0.4, -0.2) is 29.1 Å². The van der Waals surface area contributed by atoms with Gasteiger partial charge >= 0.3 is 0 Å². The highest BCUT2D eigenvalue weighted by Crippen LogP contribution is 2.22. The Morgan fingerprint density at radius 3 is 2.84 bits per heavy atom. The first kappa shape index (κ1) is 13.6. The van der Waals surface area contributed by atoms with Gasteiger partial charge in [-0.15, -0.1) is 0 Å². The number of carbonyl (C=O) groups is 1. The maximum Gasteiger partial charge on any atom is 0.267 e. The van der Waals surface area contributed by atoms with Gasteiger partial charge in [-0.3, -0.25) is 4.79 Å². The van der Waals surface area contributed by atoms with Gasteiger partial charge in [-0.2, -0.15) is 0 Å². The van der Waals surface area contributed by atoms with Crippen LogP contribution in [0.3, 0.4) is 0 Å². The minimum Gasteiger partial charge on any atom is -0.396 e. The molecule has 0 fully saturated rings. The largest absolute Gasteiger partial charge is 0.396 e. The molecule has 19 heavy (non-hydrogen) atoms. The van der Waals surface area contributed by atoms with E-state index in [0.29, 0.717) is 12.2 Å². The van der Waals surface area contributed by atoms with E-state index in [1.54, 1.807) is 0 Å². The molecule has 3 N–H and O–H groups in total. The van der Waals surface area contributed by atoms with Crippen molar-refractivity contribution >= 4 is 16.8 Å². The van der Waals surface area contributed by atoms with Gasteiger partial charge in [0.2, 0.25) is 0 Å². The third-order valence-electron chi connectivity index (χ3n) is 3.51. The molecule has 0 bridgehead atoms. The maximum absolute atomic E-state index is 12.0. The molecule has 0 saturated carbocycles. The van der Waals surface area contributed by atoms with Crippen LogP contribution in [0.25, 0.3) is 10.9 Å². The predicted molar refractivity (Wildman–Crippen MR) is 76.4 cm³/mol. The number of aromatic nitrogens is 1. The van der Waals surface area contributed by atoms with Crippen LogP contribution in [0, 0.1) is 19.8 Å². The first-order valence-corrected chi connectivity index (χ1v) is 6.51. The number of benzene rings is 1. The van der Waals surface area contributed by atoms with Crippen LogP contribution in [-0.2, 0) is 0 Å². The first-order chi connectivity index (χ1) is 9.02. The molecule has 1 heterocycles. The van der Waals surface area contributed by atoms with E-state index in [0.717, 1.165) is 10.9 Å². The Labute approximate surface area is 112 Å². The van der Waals surface area contributed by atoms with E-state index >= 15 is 0 Å². The number of fused-ring (bicyclic) bond motifs is 1. The summed E-state index contributed by atoms with van der Waals surface area (Å²) in [6.45, 7) is 6.55. The molecule has 1 atom stereocenters. The molecule has 4 heteroatoms. The van der Waals surface area contributed by atoms with Crippen LogP contribution in [0.5, 0.6) is 0 Å². The average molecular weight is 260 g/mol. The highest BCUT2D eigenvalue weighted by Gasteiger charge is 2.12. The van der Waals surface area contributed by atoms with E-state index in [9.17, 15) is 4.79 Å². The number of aliphatic hydroxyl groups is 1. The molecule has 1 aromatic carbocycles. The standard InChI is InChI=1S/C15H20N2O2/c1-9(8-18)7-16-15(19)14-6-12-11(3)10(2)4-5-13(12)17-14/h4-6,9,17-18H,7-8H2,1-3H3,(H,16,19). The smallest absolute Gasteiger partial charge is 0.267 e. The third-order valence-corrected chi connectivity index (χ3v) is 3.51. The second kappa shape index (κ2) is 5.45. The van der Waals surface area contributed by atoms with Gasteiger partial charge in [0.05, 0.1) is 0 Å². The predicted octanol–water partition coefficient (Wildman–Crippen LogP) is 2.14. The summed E-state index contributed by atoms with van der Waals surface area (Å²) in [4.78, 5) is 15.1. The van der Waals surface area contributed by atoms with Gasteiger partial charge in [0.15, 0.2) is 0 Å². The molecule has 0 aliphatic rings. The zero-order valence-electron chi connectivity index (χ0n) is 11.6. The van der Waals surface area contributed by atoms with Crippen molar-refractivity contribution in [1.29, 1.82) is 0 Å². The molecule has 1 aromatic heterocycles. The van der Waals surface area contributed by atoms with Gasteiger partial charge in [0.25, 0.3) is 5.91 Å². The van der Waals surface area contributed by atoms with Gasteiger partial charge in [-0.05, 0) is 43.0 Å². The first-order valence-electron chi connectivity index (χ1n) is 6.51. The molecule has 1 unspecified atom stereocenters. The minimum atomic E-state index is -0.131. The lowest BCUT2D eigenvalue weighted by Crippen LogP contribution is -2.29. The summed E-state index contributed by atoms with van der Waals surface area (Å²) in [5.74, 6) is -0.0640. The van der Waals surface area contributed by atoms with E-state index in [-0.39, 0.29) is 18.4 Å². The second-order valence-electron chi connectivity index (χ2n) is 5.15. The molecular weight excluding hydrogens is 240 g/mol. The zero-order valence-corrected chi connectivity index (χ0v) is 11.6. The van der Waals surface area contributed by atoms with Gasteiger partial charge in [0.1, 0.15) is 5.69 Å². The Balaban J connectivity index is 2.21. The second-order valence-corrected chi connectivity index (χ2v) is 5.15. The Bertz CT molecular complexity index is 601. The third kappa shape index (κ3) is 2.79. The topological polar surface area (TPSA) is 65.1 Å². The summed E-state index contributed by atoms with van der Waals surface area (Å²) < 4.78 is 0. The number of hydrogen-bond acceptors (Lipinski definition) is 2. The Kier molecular flexibility index (Phi) is 3.90. The van der Waals surface area contributed by atoms with Gasteiger partial charge in [-0.25, -0.2) is 0 Å². The molecule has 2 aromatic rings. The summed E-state index contributed by atoms with van der Waals surface area (Å²) in [5, 5.41) is 12.8. The van der Waals surface area contributed by atoms with Crippen molar-refractivity contribution in [2.24, 2.45) is 5.92 Å². The van der Waals surface area contributed by atoms with Crippen molar-refractivity contribution in [3.05, 3.63) is 35.0 Å². The lowest BCUT2D eigenvalue weighted by atomic mass is 10.1. The van der Waals surface area contributed by atoms with Crippen LogP contribution >= 0.6 is 0 Å². The molecule has 0 saturated heterocycles. The fourth-order valence-electron chi connectivity index (χ4n) is 2.01. The zero-order chi connectivity index (χ0) is 14.0. The Hall–Kier alpha value is -1.81. The summed E-state index contributed by atoms with van der Waals surface area (Å²) in [6.07, 6.45) is 0. The lowest BCUT2D eigenvalue weighted by Gasteiger charge is -2.08. The summed E-state index contributed by atoms with van der Waals surface area (Å²) in [7, 11) is 0. The van der Waals surface area contributed by atoms with Crippen molar-refractivity contribution in [1.82, 2.24) is 10.3 Å². The molecule has 0 radical (unpaired) electrons. The number of carbonyl (C=O) groups excluding carboxylic acids is 1. The molecule has 4 nitrogen and oxygen atoms in total. The average Bonchev–Trinajstić information content (AvgIpc) is 2.84. The number of amides is 1. The molecule has 0 aliphatic heterocycles. The molecule has 102 valence electrons. The SMILES string of the molecule is Cc1ccc2[nH]c(C(=O)NCC(C)CO)cc2c1C. The fourth-order valence-corrected chi connectivity index (χ4v) is 2.01. The number of nitrogens with one attached hydrogen (secondary N) is 2. The molecular formula is C15H20N2O2. The van der Waals surface area contributed by atoms with E-state index < -0.39 is 0 Å². The molecule has 2 rings (SSSR count). The summed E-state index contributed by atoms with van der Waals surface area (Å²) in [5.41, 5.74) is 3.95. The summed E-state index contributed by atoms with van der Waals surface area (Å²) in [6, 6.07) is 5.92. The molecule has 0 aliphatic carbocycles. The number of rotatable bonds is 4. The van der Waals surface area contributed by atoms with Crippen LogP contribution in [0.2, 0.25) is 0 Å². The van der Waals surface area contributed by atoms with Gasteiger partial charge < -0.3 is 15.4 Å². The highest BCUT2D eigenvalue weighted by molar-refractivity contribution is 5.99. The van der Waals surface area contributed by atoms with Gasteiger partial charge in [0, 0.05) is 24.1 Å². The van der Waals surface area contributed by atoms with Crippen LogP contribution in [0.15, 0.2) is 18.2 Å². The lowest BCUT2D eigenvalue weighted by molar-refractivity contribution is 0.0938. The number of aryl methyl sites for hydroxylation is 2. The van der Waals surface area contributed by atoms with Crippen molar-refractivity contribution < 1.29 is 9.90 Å². The van der Waals surface area contributed by atoms with E-state index in [1.807, 2.05) is 25.1 Å². The number of H-pyrrole nitrogens is 1. The maximum atomic E-state index is 12.0. The Morgan fingerprint density at radius 2 is 2.16 bits per heavy atom. The summed E-state index contributed by atoms with van der Waals surface area (Å²) >= 11 is 0. The number of aromatic amines is 1. The highest BCUT2D eigenvalue weighted by atomic mass is 16.3. The monoisotopic (exact) mass is 260 g/mol. The van der Waals surface area contributed by atoms with E-state index in [1.165, 1.54) is 11.1 Å². The molecule has 1 amide bonds. The van der Waals surface area contributed by atoms with Gasteiger partial charge in [-0.1, -0.05) is 13.0 Å². The van der Waals surface area contributed by atoms with Crippen LogP contribution in [0.1, 0.15) is 28.5 Å². The quantitative estimate of drug-likeness (QED) is 0.788. The Morgan fingerprint density at radius 1 is 1.42 bits per heavy atom. The van der Waals surface area contributed by atoms with Crippen molar-refractivity contribution in [2.45, 2.75) is 20.8 Å². The van der Waals surface area contributed by atoms with E-state index in [2.05, 4.69) is 24.1 Å². The van der Waals surface area contributed by atoms with Crippen molar-refractivity contribution in [3.8, 4) is 0 Å². The fraction of sp³-hybridized carbons (Fsp3) is 0.400. The van der Waals surface area contributed by atoms with Crippen molar-refractivity contribution in [3.63, 3.8) is 0 Å². The van der Waals surface area contributed by atoms with Crippen molar-refractivity contribution in [2.75, 3.05) is 13.2 Å². The number of hydrogen-bond donors (Lipinski definition) is 3. The van der Waals surface area contributed by atoms with Crippen LogP contribution < -0.4 is 5.32 Å². The van der Waals surface area contributed by atoms with E-state index in [4.69, 9.17) is 5.11 Å².